The molecule has 1 saturated carbocycles. The predicted molar refractivity (Wildman–Crippen MR) is 91.6 cm³/mol. The van der Waals surface area contributed by atoms with Crippen molar-refractivity contribution in [2.45, 2.75) is 43.0 Å². The zero-order valence-electron chi connectivity index (χ0n) is 14.0. The molecule has 8 nitrogen and oxygen atoms in total. The van der Waals surface area contributed by atoms with Crippen LogP contribution < -0.4 is 5.32 Å². The fourth-order valence-corrected chi connectivity index (χ4v) is 3.69. The fourth-order valence-electron chi connectivity index (χ4n) is 3.15. The van der Waals surface area contributed by atoms with E-state index in [1.807, 2.05) is 0 Å². The van der Waals surface area contributed by atoms with Gasteiger partial charge in [0.1, 0.15) is 23.1 Å². The molecule has 2 heterocycles. The van der Waals surface area contributed by atoms with Crippen LogP contribution in [-0.2, 0) is 14.6 Å². The van der Waals surface area contributed by atoms with E-state index in [4.69, 9.17) is 0 Å². The largest absolute Gasteiger partial charge is 0.309 e. The van der Waals surface area contributed by atoms with Gasteiger partial charge in [-0.15, -0.1) is 0 Å². The molecule has 1 aliphatic carbocycles. The molecule has 1 fully saturated rings. The standard InChI is InChI=1S/C16H21N5O3S/c1-25(23,24)13-9-19-21(10-13)14(8-12-4-2-3-5-12)16(22)20-15-6-7-17-11-18-15/h6-7,9-12,14H,2-5,8H2,1H3,(H,17,18,20,22)/t14-/m0/s1. The third-order valence-electron chi connectivity index (χ3n) is 4.49. The summed E-state index contributed by atoms with van der Waals surface area (Å²) in [4.78, 5) is 20.7. The van der Waals surface area contributed by atoms with Crippen molar-refractivity contribution >= 4 is 21.6 Å². The molecule has 0 aliphatic heterocycles. The van der Waals surface area contributed by atoms with Gasteiger partial charge < -0.3 is 5.32 Å². The molecular formula is C16H21N5O3S. The predicted octanol–water partition coefficient (Wildman–Crippen LogP) is 1.84. The average Bonchev–Trinajstić information content (AvgIpc) is 3.24. The Balaban J connectivity index is 1.83. The molecule has 25 heavy (non-hydrogen) atoms. The molecule has 0 spiro atoms. The first-order chi connectivity index (χ1) is 11.9. The SMILES string of the molecule is CS(=O)(=O)c1cnn([C@@H](CC2CCCC2)C(=O)Nc2ccncn2)c1. The summed E-state index contributed by atoms with van der Waals surface area (Å²) in [5, 5.41) is 6.89. The summed E-state index contributed by atoms with van der Waals surface area (Å²) in [6, 6.07) is 1.03. The van der Waals surface area contributed by atoms with E-state index < -0.39 is 15.9 Å². The van der Waals surface area contributed by atoms with Crippen LogP contribution >= 0.6 is 0 Å². The molecule has 1 aliphatic rings. The first-order valence-electron chi connectivity index (χ1n) is 8.24. The number of hydrogen-bond acceptors (Lipinski definition) is 6. The van der Waals surface area contributed by atoms with Crippen LogP contribution in [0.4, 0.5) is 5.82 Å². The second kappa shape index (κ2) is 7.30. The molecule has 0 bridgehead atoms. The summed E-state index contributed by atoms with van der Waals surface area (Å²) < 4.78 is 24.9. The normalized spacial score (nSPS) is 16.7. The van der Waals surface area contributed by atoms with Crippen LogP contribution in [0.5, 0.6) is 0 Å². The molecule has 1 atom stereocenters. The summed E-state index contributed by atoms with van der Waals surface area (Å²) in [5.41, 5.74) is 0. The van der Waals surface area contributed by atoms with E-state index in [1.165, 1.54) is 36.2 Å². The van der Waals surface area contributed by atoms with Gasteiger partial charge in [-0.2, -0.15) is 5.10 Å². The van der Waals surface area contributed by atoms with Crippen LogP contribution in [-0.4, -0.2) is 40.3 Å². The molecule has 1 amide bonds. The molecule has 0 saturated heterocycles. The summed E-state index contributed by atoms with van der Waals surface area (Å²) >= 11 is 0. The zero-order valence-corrected chi connectivity index (χ0v) is 14.8. The van der Waals surface area contributed by atoms with Gasteiger partial charge in [0.2, 0.25) is 5.91 Å². The minimum absolute atomic E-state index is 0.110. The first-order valence-corrected chi connectivity index (χ1v) is 10.1. The summed E-state index contributed by atoms with van der Waals surface area (Å²) in [6.45, 7) is 0. The van der Waals surface area contributed by atoms with Gasteiger partial charge in [-0.1, -0.05) is 25.7 Å². The van der Waals surface area contributed by atoms with E-state index in [-0.39, 0.29) is 10.8 Å². The highest BCUT2D eigenvalue weighted by Crippen LogP contribution is 2.32. The molecule has 9 heteroatoms. The maximum absolute atomic E-state index is 12.8. The average molecular weight is 363 g/mol. The van der Waals surface area contributed by atoms with Crippen molar-refractivity contribution in [1.82, 2.24) is 19.7 Å². The number of sulfone groups is 1. The zero-order chi connectivity index (χ0) is 17.9. The van der Waals surface area contributed by atoms with E-state index >= 15 is 0 Å². The van der Waals surface area contributed by atoms with Gasteiger partial charge in [-0.3, -0.25) is 9.48 Å². The van der Waals surface area contributed by atoms with E-state index in [2.05, 4.69) is 20.4 Å². The maximum Gasteiger partial charge on any atom is 0.250 e. The van der Waals surface area contributed by atoms with Crippen molar-refractivity contribution in [3.8, 4) is 0 Å². The van der Waals surface area contributed by atoms with Crippen molar-refractivity contribution in [3.63, 3.8) is 0 Å². The number of rotatable bonds is 6. The Morgan fingerprint density at radius 2 is 2.16 bits per heavy atom. The number of aromatic nitrogens is 4. The molecule has 0 unspecified atom stereocenters. The number of hydrogen-bond donors (Lipinski definition) is 1. The molecule has 3 rings (SSSR count). The smallest absolute Gasteiger partial charge is 0.250 e. The highest BCUT2D eigenvalue weighted by atomic mass is 32.2. The molecule has 1 N–H and O–H groups in total. The van der Waals surface area contributed by atoms with Crippen LogP contribution in [0.25, 0.3) is 0 Å². The molecule has 2 aromatic heterocycles. The Kier molecular flexibility index (Phi) is 5.12. The number of amides is 1. The minimum atomic E-state index is -3.36. The number of carbonyl (C=O) groups is 1. The van der Waals surface area contributed by atoms with Crippen LogP contribution in [0.3, 0.4) is 0 Å². The third-order valence-corrected chi connectivity index (χ3v) is 5.56. The Labute approximate surface area is 146 Å². The van der Waals surface area contributed by atoms with Gasteiger partial charge in [-0.05, 0) is 18.4 Å². The third kappa shape index (κ3) is 4.41. The van der Waals surface area contributed by atoms with Gasteiger partial charge in [-0.25, -0.2) is 18.4 Å². The van der Waals surface area contributed by atoms with Crippen molar-refractivity contribution in [2.24, 2.45) is 5.92 Å². The lowest BCUT2D eigenvalue weighted by Gasteiger charge is -2.20. The monoisotopic (exact) mass is 363 g/mol. The highest BCUT2D eigenvalue weighted by Gasteiger charge is 2.28. The highest BCUT2D eigenvalue weighted by molar-refractivity contribution is 7.90. The lowest BCUT2D eigenvalue weighted by Crippen LogP contribution is -2.28. The lowest BCUT2D eigenvalue weighted by atomic mass is 9.98. The first kappa shape index (κ1) is 17.5. The summed E-state index contributed by atoms with van der Waals surface area (Å²) in [6.07, 6.45) is 11.9. The van der Waals surface area contributed by atoms with E-state index in [1.54, 1.807) is 12.3 Å². The molecule has 2 aromatic rings. The van der Waals surface area contributed by atoms with E-state index in [0.717, 1.165) is 19.1 Å². The van der Waals surface area contributed by atoms with Crippen molar-refractivity contribution in [1.29, 1.82) is 0 Å². The van der Waals surface area contributed by atoms with Gasteiger partial charge >= 0.3 is 0 Å². The van der Waals surface area contributed by atoms with E-state index in [9.17, 15) is 13.2 Å². The fraction of sp³-hybridized carbons (Fsp3) is 0.500. The van der Waals surface area contributed by atoms with Gasteiger partial charge in [0.15, 0.2) is 9.84 Å². The van der Waals surface area contributed by atoms with Crippen molar-refractivity contribution in [2.75, 3.05) is 11.6 Å². The second-order valence-electron chi connectivity index (χ2n) is 6.41. The number of nitrogens with one attached hydrogen (secondary N) is 1. The number of nitrogens with zero attached hydrogens (tertiary/aromatic N) is 4. The topological polar surface area (TPSA) is 107 Å². The van der Waals surface area contributed by atoms with Crippen LogP contribution in [0.15, 0.2) is 35.9 Å². The molecule has 134 valence electrons. The minimum Gasteiger partial charge on any atom is -0.309 e. The molecular weight excluding hydrogens is 342 g/mol. The molecule has 0 radical (unpaired) electrons. The summed E-state index contributed by atoms with van der Waals surface area (Å²) in [7, 11) is -3.36. The Morgan fingerprint density at radius 1 is 1.40 bits per heavy atom. The maximum atomic E-state index is 12.8. The number of anilines is 1. The van der Waals surface area contributed by atoms with E-state index in [0.29, 0.717) is 18.2 Å². The Morgan fingerprint density at radius 3 is 2.76 bits per heavy atom. The number of carbonyl (C=O) groups excluding carboxylic acids is 1. The van der Waals surface area contributed by atoms with Crippen LogP contribution in [0.2, 0.25) is 0 Å². The van der Waals surface area contributed by atoms with Crippen molar-refractivity contribution in [3.05, 3.63) is 31.0 Å². The quantitative estimate of drug-likeness (QED) is 0.839. The molecule has 0 aromatic carbocycles. The second-order valence-corrected chi connectivity index (χ2v) is 8.43. The van der Waals surface area contributed by atoms with Crippen molar-refractivity contribution < 1.29 is 13.2 Å². The van der Waals surface area contributed by atoms with Gasteiger partial charge in [0, 0.05) is 18.6 Å². The summed E-state index contributed by atoms with van der Waals surface area (Å²) in [5.74, 6) is 0.590. The Hall–Kier alpha value is -2.29. The van der Waals surface area contributed by atoms with Crippen LogP contribution in [0.1, 0.15) is 38.1 Å². The van der Waals surface area contributed by atoms with Gasteiger partial charge in [0.25, 0.3) is 0 Å². The lowest BCUT2D eigenvalue weighted by molar-refractivity contribution is -0.120. The van der Waals surface area contributed by atoms with Gasteiger partial charge in [0.05, 0.1) is 6.20 Å². The van der Waals surface area contributed by atoms with Crippen LogP contribution in [0, 0.1) is 5.92 Å². The Bertz CT molecular complexity index is 828.